The lowest BCUT2D eigenvalue weighted by Gasteiger charge is -2.40. The number of amides is 1. The van der Waals surface area contributed by atoms with Gasteiger partial charge in [-0.1, -0.05) is 11.2 Å². The molecular weight excluding hydrogens is 394 g/mol. The van der Waals surface area contributed by atoms with Gasteiger partial charge >= 0.3 is 0 Å². The topological polar surface area (TPSA) is 72.2 Å². The van der Waals surface area contributed by atoms with Crippen molar-refractivity contribution >= 4 is 17.8 Å². The summed E-state index contributed by atoms with van der Waals surface area (Å²) in [5.41, 5.74) is 4.11. The highest BCUT2D eigenvalue weighted by Gasteiger charge is 2.45. The SMILES string of the molecule is COc1cc(/C=C2\CCCN3C2=NOC2CN(C(C)=O)CC23)ccc1-n1cnc(C)c1. The van der Waals surface area contributed by atoms with Gasteiger partial charge in [-0.25, -0.2) is 4.98 Å². The molecule has 1 amide bonds. The first-order chi connectivity index (χ1) is 15.0. The molecule has 3 aliphatic heterocycles. The molecule has 4 heterocycles. The number of hydrogen-bond donors (Lipinski definition) is 0. The Hall–Kier alpha value is -3.29. The molecule has 31 heavy (non-hydrogen) atoms. The second-order valence-corrected chi connectivity index (χ2v) is 8.37. The Bertz CT molecular complexity index is 1070. The van der Waals surface area contributed by atoms with Gasteiger partial charge in [0.25, 0.3) is 0 Å². The number of methoxy groups -OCH3 is 1. The van der Waals surface area contributed by atoms with Crippen LogP contribution in [0.3, 0.4) is 0 Å². The van der Waals surface area contributed by atoms with Crippen LogP contribution in [-0.2, 0) is 9.63 Å². The smallest absolute Gasteiger partial charge is 0.219 e. The zero-order valence-corrected chi connectivity index (χ0v) is 18.1. The van der Waals surface area contributed by atoms with Crippen molar-refractivity contribution in [3.8, 4) is 11.4 Å². The number of amidine groups is 1. The van der Waals surface area contributed by atoms with Gasteiger partial charge in [-0.05, 0) is 49.1 Å². The molecule has 162 valence electrons. The van der Waals surface area contributed by atoms with Crippen molar-refractivity contribution in [2.24, 2.45) is 5.16 Å². The largest absolute Gasteiger partial charge is 0.495 e. The van der Waals surface area contributed by atoms with Gasteiger partial charge < -0.3 is 23.9 Å². The third kappa shape index (κ3) is 3.56. The minimum atomic E-state index is -0.0509. The van der Waals surface area contributed by atoms with E-state index < -0.39 is 0 Å². The number of aryl methyl sites for hydroxylation is 1. The molecule has 0 aliphatic carbocycles. The lowest BCUT2D eigenvalue weighted by molar-refractivity contribution is -0.128. The molecule has 2 fully saturated rings. The molecule has 2 aromatic rings. The molecule has 2 saturated heterocycles. The van der Waals surface area contributed by atoms with Crippen molar-refractivity contribution in [2.45, 2.75) is 38.8 Å². The molecule has 3 aliphatic rings. The predicted octanol–water partition coefficient (Wildman–Crippen LogP) is 2.61. The van der Waals surface area contributed by atoms with Gasteiger partial charge in [0.1, 0.15) is 5.75 Å². The van der Waals surface area contributed by atoms with E-state index in [0.29, 0.717) is 13.1 Å². The summed E-state index contributed by atoms with van der Waals surface area (Å²) in [5, 5.41) is 4.47. The van der Waals surface area contributed by atoms with Gasteiger partial charge in [0, 0.05) is 26.2 Å². The predicted molar refractivity (Wildman–Crippen MR) is 117 cm³/mol. The summed E-state index contributed by atoms with van der Waals surface area (Å²) in [5.74, 6) is 1.77. The second-order valence-electron chi connectivity index (χ2n) is 8.37. The number of ether oxygens (including phenoxy) is 1. The fourth-order valence-electron chi connectivity index (χ4n) is 4.70. The van der Waals surface area contributed by atoms with Crippen LogP contribution in [-0.4, -0.2) is 70.0 Å². The third-order valence-corrected chi connectivity index (χ3v) is 6.30. The van der Waals surface area contributed by atoms with E-state index in [1.54, 1.807) is 20.4 Å². The minimum Gasteiger partial charge on any atom is -0.495 e. The molecule has 0 N–H and O–H groups in total. The molecule has 8 nitrogen and oxygen atoms in total. The van der Waals surface area contributed by atoms with E-state index in [1.165, 1.54) is 0 Å². The number of nitrogens with zero attached hydrogens (tertiary/aromatic N) is 5. The van der Waals surface area contributed by atoms with Crippen LogP contribution in [0.25, 0.3) is 11.8 Å². The first-order valence-corrected chi connectivity index (χ1v) is 10.7. The summed E-state index contributed by atoms with van der Waals surface area (Å²) < 4.78 is 7.62. The Morgan fingerprint density at radius 1 is 1.32 bits per heavy atom. The number of carbonyl (C=O) groups excluding carboxylic acids is 1. The van der Waals surface area contributed by atoms with Crippen LogP contribution in [0.15, 0.2) is 41.5 Å². The zero-order valence-electron chi connectivity index (χ0n) is 18.1. The highest BCUT2D eigenvalue weighted by Crippen LogP contribution is 2.32. The third-order valence-electron chi connectivity index (χ3n) is 6.30. The van der Waals surface area contributed by atoms with Crippen molar-refractivity contribution < 1.29 is 14.4 Å². The lowest BCUT2D eigenvalue weighted by atomic mass is 9.97. The summed E-state index contributed by atoms with van der Waals surface area (Å²) in [6.45, 7) is 5.82. The number of carbonyl (C=O) groups is 1. The Kier molecular flexibility index (Phi) is 4.92. The van der Waals surface area contributed by atoms with Crippen molar-refractivity contribution in [3.05, 3.63) is 47.6 Å². The molecule has 0 saturated carbocycles. The van der Waals surface area contributed by atoms with Gasteiger partial charge in [0.05, 0.1) is 37.4 Å². The quantitative estimate of drug-likeness (QED) is 0.762. The standard InChI is InChI=1S/C23H27N5O3/c1-15-11-27(14-24-15)19-7-6-17(10-21(19)30-3)9-18-5-4-8-28-20-12-26(16(2)29)13-22(20)31-25-23(18)28/h6-7,9-11,14,20,22H,4-5,8,12-13H2,1-3H3/b18-9+. The number of fused-ring (bicyclic) bond motifs is 3. The molecule has 2 unspecified atom stereocenters. The highest BCUT2D eigenvalue weighted by atomic mass is 16.6. The number of piperidine rings is 1. The Morgan fingerprint density at radius 2 is 2.19 bits per heavy atom. The number of oxime groups is 1. The average Bonchev–Trinajstić information content (AvgIpc) is 3.40. The van der Waals surface area contributed by atoms with Crippen LogP contribution in [0.5, 0.6) is 5.75 Å². The first-order valence-electron chi connectivity index (χ1n) is 10.7. The van der Waals surface area contributed by atoms with Crippen molar-refractivity contribution in [1.29, 1.82) is 0 Å². The van der Waals surface area contributed by atoms with E-state index >= 15 is 0 Å². The van der Waals surface area contributed by atoms with E-state index in [9.17, 15) is 4.79 Å². The van der Waals surface area contributed by atoms with E-state index in [1.807, 2.05) is 34.7 Å². The molecule has 1 aromatic heterocycles. The van der Waals surface area contributed by atoms with E-state index in [4.69, 9.17) is 9.57 Å². The first kappa shape index (κ1) is 19.7. The molecule has 2 atom stereocenters. The summed E-state index contributed by atoms with van der Waals surface area (Å²) in [4.78, 5) is 26.1. The van der Waals surface area contributed by atoms with Crippen LogP contribution < -0.4 is 4.74 Å². The highest BCUT2D eigenvalue weighted by molar-refractivity contribution is 6.03. The molecule has 1 aromatic carbocycles. The van der Waals surface area contributed by atoms with Crippen LogP contribution in [0.2, 0.25) is 0 Å². The molecular formula is C23H27N5O3. The molecule has 0 bridgehead atoms. The number of likely N-dealkylation sites (tertiary alicyclic amines) is 1. The van der Waals surface area contributed by atoms with Gasteiger partial charge in [-0.3, -0.25) is 4.79 Å². The Balaban J connectivity index is 1.43. The number of imidazole rings is 1. The molecule has 0 radical (unpaired) electrons. The van der Waals surface area contributed by atoms with Crippen molar-refractivity contribution in [3.63, 3.8) is 0 Å². The van der Waals surface area contributed by atoms with Gasteiger partial charge in [-0.15, -0.1) is 0 Å². The summed E-state index contributed by atoms with van der Waals surface area (Å²) >= 11 is 0. The van der Waals surface area contributed by atoms with E-state index in [2.05, 4.69) is 27.2 Å². The zero-order chi connectivity index (χ0) is 21.5. The van der Waals surface area contributed by atoms with Crippen LogP contribution in [0.1, 0.15) is 31.0 Å². The monoisotopic (exact) mass is 421 g/mol. The Morgan fingerprint density at radius 3 is 2.94 bits per heavy atom. The average molecular weight is 422 g/mol. The maximum absolute atomic E-state index is 11.8. The molecule has 5 rings (SSSR count). The maximum Gasteiger partial charge on any atom is 0.219 e. The van der Waals surface area contributed by atoms with E-state index in [0.717, 1.165) is 53.5 Å². The van der Waals surface area contributed by atoms with Gasteiger partial charge in [0.2, 0.25) is 5.91 Å². The normalized spacial score (nSPS) is 23.8. The van der Waals surface area contributed by atoms with Crippen LogP contribution in [0.4, 0.5) is 0 Å². The number of rotatable bonds is 3. The van der Waals surface area contributed by atoms with Crippen LogP contribution in [0, 0.1) is 6.92 Å². The fourth-order valence-corrected chi connectivity index (χ4v) is 4.70. The Labute approximate surface area is 181 Å². The summed E-state index contributed by atoms with van der Waals surface area (Å²) in [6, 6.07) is 6.33. The van der Waals surface area contributed by atoms with Gasteiger partial charge in [0.15, 0.2) is 11.9 Å². The summed E-state index contributed by atoms with van der Waals surface area (Å²) in [6.07, 6.45) is 7.88. The van der Waals surface area contributed by atoms with Gasteiger partial charge in [-0.2, -0.15) is 0 Å². The van der Waals surface area contributed by atoms with Crippen LogP contribution >= 0.6 is 0 Å². The minimum absolute atomic E-state index is 0.0509. The fraction of sp³-hybridized carbons (Fsp3) is 0.435. The second kappa shape index (κ2) is 7.76. The molecule has 8 heteroatoms. The van der Waals surface area contributed by atoms with Crippen molar-refractivity contribution in [2.75, 3.05) is 26.7 Å². The van der Waals surface area contributed by atoms with E-state index in [-0.39, 0.29) is 18.1 Å². The number of aromatic nitrogens is 2. The summed E-state index contributed by atoms with van der Waals surface area (Å²) in [7, 11) is 1.68. The lowest BCUT2D eigenvalue weighted by Crippen LogP contribution is -2.53. The maximum atomic E-state index is 11.8. The number of benzene rings is 1. The molecule has 0 spiro atoms. The number of hydrogen-bond acceptors (Lipinski definition) is 6. The van der Waals surface area contributed by atoms with Crippen molar-refractivity contribution in [1.82, 2.24) is 19.4 Å².